The zero-order valence-electron chi connectivity index (χ0n) is 16.8. The summed E-state index contributed by atoms with van der Waals surface area (Å²) in [6.45, 7) is 0.247. The molecule has 7 nitrogen and oxygen atoms in total. The molecule has 4 rings (SSSR count). The van der Waals surface area contributed by atoms with Crippen LogP contribution in [-0.4, -0.2) is 34.8 Å². The zero-order chi connectivity index (χ0) is 21.0. The largest absolute Gasteiger partial charge is 0.325 e. The van der Waals surface area contributed by atoms with Crippen molar-refractivity contribution in [3.63, 3.8) is 0 Å². The van der Waals surface area contributed by atoms with E-state index in [9.17, 15) is 14.4 Å². The van der Waals surface area contributed by atoms with Gasteiger partial charge in [-0.1, -0.05) is 49.2 Å². The fourth-order valence-corrected chi connectivity index (χ4v) is 4.21. The molecule has 1 saturated carbocycles. The molecule has 2 aromatic rings. The highest BCUT2D eigenvalue weighted by Gasteiger charge is 2.52. The van der Waals surface area contributed by atoms with Crippen LogP contribution < -0.4 is 15.8 Å². The van der Waals surface area contributed by atoms with Gasteiger partial charge in [-0.3, -0.25) is 24.9 Å². The van der Waals surface area contributed by atoms with Crippen LogP contribution in [0.3, 0.4) is 0 Å². The molecule has 1 saturated heterocycles. The lowest BCUT2D eigenvalue weighted by Crippen LogP contribution is -2.44. The Morgan fingerprint density at radius 2 is 1.53 bits per heavy atom. The van der Waals surface area contributed by atoms with Crippen molar-refractivity contribution in [2.24, 2.45) is 0 Å². The normalized spacial score (nSPS) is 17.3. The average Bonchev–Trinajstić information content (AvgIpc) is 3.33. The predicted octanol–water partition coefficient (Wildman–Crippen LogP) is 3.50. The van der Waals surface area contributed by atoms with Crippen molar-refractivity contribution in [1.29, 1.82) is 0 Å². The van der Waals surface area contributed by atoms with Crippen LogP contribution in [0.4, 0.5) is 16.2 Å². The topological polar surface area (TPSA) is 81.8 Å². The first-order valence-electron chi connectivity index (χ1n) is 10.4. The van der Waals surface area contributed by atoms with E-state index in [1.165, 1.54) is 4.90 Å². The first-order chi connectivity index (χ1) is 14.6. The summed E-state index contributed by atoms with van der Waals surface area (Å²) in [7, 11) is 0. The van der Waals surface area contributed by atoms with Gasteiger partial charge in [0.25, 0.3) is 5.91 Å². The maximum atomic E-state index is 12.7. The number of benzene rings is 2. The Balaban J connectivity index is 1.35. The Bertz CT molecular complexity index is 871. The maximum absolute atomic E-state index is 12.7. The van der Waals surface area contributed by atoms with Crippen LogP contribution in [0.2, 0.25) is 0 Å². The van der Waals surface area contributed by atoms with Gasteiger partial charge in [0.05, 0.1) is 11.4 Å². The molecule has 1 spiro atoms. The summed E-state index contributed by atoms with van der Waals surface area (Å²) in [6.07, 6.45) is 3.95. The van der Waals surface area contributed by atoms with Gasteiger partial charge in [0.1, 0.15) is 5.54 Å². The van der Waals surface area contributed by atoms with Crippen LogP contribution >= 0.6 is 0 Å². The fourth-order valence-electron chi connectivity index (χ4n) is 4.21. The highest BCUT2D eigenvalue weighted by molar-refractivity contribution is 6.07. The number of rotatable bonds is 7. The van der Waals surface area contributed by atoms with Crippen molar-refractivity contribution in [3.05, 3.63) is 60.7 Å². The van der Waals surface area contributed by atoms with Crippen LogP contribution in [-0.2, 0) is 9.59 Å². The molecule has 1 aliphatic heterocycles. The second kappa shape index (κ2) is 8.57. The quantitative estimate of drug-likeness (QED) is 0.545. The summed E-state index contributed by atoms with van der Waals surface area (Å²) in [4.78, 5) is 38.9. The van der Waals surface area contributed by atoms with Crippen LogP contribution in [0.15, 0.2) is 60.7 Å². The van der Waals surface area contributed by atoms with Crippen molar-refractivity contribution < 1.29 is 14.4 Å². The van der Waals surface area contributed by atoms with Crippen LogP contribution in [0.25, 0.3) is 0 Å². The number of imide groups is 1. The summed E-state index contributed by atoms with van der Waals surface area (Å²) in [6, 6.07) is 18.8. The standard InChI is InChI=1S/C23H26N4O3/c28-20(14-9-17-26-21(29)23(24-22(26)30)15-7-8-16-23)25-27(18-10-3-1-4-11-18)19-12-5-2-6-13-19/h1-6,10-13H,7-9,14-17H2,(H,24,30)(H,25,28). The number of hydrogen-bond donors (Lipinski definition) is 2. The number of urea groups is 1. The number of nitrogens with zero attached hydrogens (tertiary/aromatic N) is 2. The van der Waals surface area contributed by atoms with E-state index in [0.29, 0.717) is 19.3 Å². The number of hydrogen-bond acceptors (Lipinski definition) is 4. The van der Waals surface area contributed by atoms with E-state index in [4.69, 9.17) is 0 Å². The van der Waals surface area contributed by atoms with Gasteiger partial charge in [-0.05, 0) is 43.5 Å². The molecule has 2 aliphatic rings. The first kappa shape index (κ1) is 19.9. The Morgan fingerprint density at radius 1 is 0.967 bits per heavy atom. The minimum absolute atomic E-state index is 0.138. The van der Waals surface area contributed by atoms with Crippen LogP contribution in [0.5, 0.6) is 0 Å². The molecule has 4 amide bonds. The molecule has 0 radical (unpaired) electrons. The number of para-hydroxylation sites is 2. The number of carbonyl (C=O) groups is 3. The number of hydrazine groups is 1. The number of amides is 4. The summed E-state index contributed by atoms with van der Waals surface area (Å²) < 4.78 is 0. The molecule has 0 aromatic heterocycles. The van der Waals surface area contributed by atoms with Crippen molar-refractivity contribution >= 4 is 29.2 Å². The Kier molecular flexibility index (Phi) is 5.70. The van der Waals surface area contributed by atoms with Crippen molar-refractivity contribution in [3.8, 4) is 0 Å². The zero-order valence-corrected chi connectivity index (χ0v) is 16.8. The molecule has 30 heavy (non-hydrogen) atoms. The Hall–Kier alpha value is -3.35. The first-order valence-corrected chi connectivity index (χ1v) is 10.4. The summed E-state index contributed by atoms with van der Waals surface area (Å²) >= 11 is 0. The van der Waals surface area contributed by atoms with Gasteiger partial charge in [0, 0.05) is 13.0 Å². The van der Waals surface area contributed by atoms with E-state index < -0.39 is 5.54 Å². The van der Waals surface area contributed by atoms with E-state index >= 15 is 0 Å². The molecule has 2 aromatic carbocycles. The molecule has 2 N–H and O–H groups in total. The maximum Gasteiger partial charge on any atom is 0.325 e. The third kappa shape index (κ3) is 4.01. The predicted molar refractivity (Wildman–Crippen MR) is 114 cm³/mol. The molecule has 2 fully saturated rings. The summed E-state index contributed by atoms with van der Waals surface area (Å²) in [5.41, 5.74) is 3.92. The lowest BCUT2D eigenvalue weighted by atomic mass is 9.98. The third-order valence-corrected chi connectivity index (χ3v) is 5.75. The molecule has 0 unspecified atom stereocenters. The third-order valence-electron chi connectivity index (χ3n) is 5.75. The lowest BCUT2D eigenvalue weighted by molar-refractivity contribution is -0.131. The van der Waals surface area contributed by atoms with Crippen LogP contribution in [0, 0.1) is 0 Å². The Morgan fingerprint density at radius 3 is 2.10 bits per heavy atom. The van der Waals surface area contributed by atoms with E-state index in [0.717, 1.165) is 24.2 Å². The molecular formula is C23H26N4O3. The van der Waals surface area contributed by atoms with Gasteiger partial charge in [-0.25, -0.2) is 4.79 Å². The number of nitrogens with one attached hydrogen (secondary N) is 2. The molecule has 156 valence electrons. The molecule has 1 aliphatic carbocycles. The minimum atomic E-state index is -0.698. The smallest absolute Gasteiger partial charge is 0.323 e. The van der Waals surface area contributed by atoms with Gasteiger partial charge in [-0.2, -0.15) is 0 Å². The monoisotopic (exact) mass is 406 g/mol. The highest BCUT2D eigenvalue weighted by Crippen LogP contribution is 2.35. The second-order valence-corrected chi connectivity index (χ2v) is 7.82. The van der Waals surface area contributed by atoms with Gasteiger partial charge < -0.3 is 5.32 Å². The lowest BCUT2D eigenvalue weighted by Gasteiger charge is -2.25. The number of anilines is 2. The van der Waals surface area contributed by atoms with E-state index in [2.05, 4.69) is 10.7 Å². The van der Waals surface area contributed by atoms with Crippen molar-refractivity contribution in [2.75, 3.05) is 11.6 Å². The van der Waals surface area contributed by atoms with E-state index in [1.54, 1.807) is 5.01 Å². The summed E-state index contributed by atoms with van der Waals surface area (Å²) in [5.74, 6) is -0.314. The molecule has 1 heterocycles. The fraction of sp³-hybridized carbons (Fsp3) is 0.348. The van der Waals surface area contributed by atoms with Gasteiger partial charge in [0.2, 0.25) is 5.91 Å². The number of carbonyl (C=O) groups excluding carboxylic acids is 3. The average molecular weight is 406 g/mol. The highest BCUT2D eigenvalue weighted by atomic mass is 16.2. The van der Waals surface area contributed by atoms with Crippen molar-refractivity contribution in [2.45, 2.75) is 44.1 Å². The minimum Gasteiger partial charge on any atom is -0.323 e. The second-order valence-electron chi connectivity index (χ2n) is 7.82. The molecule has 7 heteroatoms. The van der Waals surface area contributed by atoms with E-state index in [-0.39, 0.29) is 30.8 Å². The van der Waals surface area contributed by atoms with Gasteiger partial charge in [0.15, 0.2) is 0 Å². The molecular weight excluding hydrogens is 380 g/mol. The van der Waals surface area contributed by atoms with Gasteiger partial charge in [-0.15, -0.1) is 0 Å². The molecule has 0 bridgehead atoms. The van der Waals surface area contributed by atoms with Crippen molar-refractivity contribution in [1.82, 2.24) is 15.6 Å². The van der Waals surface area contributed by atoms with Gasteiger partial charge >= 0.3 is 6.03 Å². The summed E-state index contributed by atoms with van der Waals surface area (Å²) in [5, 5.41) is 4.61. The SMILES string of the molecule is O=C(CCCN1C(=O)NC2(CCCC2)C1=O)NN(c1ccccc1)c1ccccc1. The van der Waals surface area contributed by atoms with Crippen LogP contribution in [0.1, 0.15) is 38.5 Å². The van der Waals surface area contributed by atoms with E-state index in [1.807, 2.05) is 60.7 Å². The molecule has 0 atom stereocenters. The Labute approximate surface area is 176 Å².